The number of rotatable bonds is 6. The maximum atomic E-state index is 13.9. The fourth-order valence-corrected chi connectivity index (χ4v) is 4.82. The third kappa shape index (κ3) is 3.97. The molecule has 6 nitrogen and oxygen atoms in total. The van der Waals surface area contributed by atoms with Crippen LogP contribution >= 0.6 is 0 Å². The van der Waals surface area contributed by atoms with Gasteiger partial charge in [0.2, 0.25) is 11.8 Å². The number of hydrogen-bond donors (Lipinski definition) is 0. The molecule has 0 spiro atoms. The molecular weight excluding hydrogens is 373 g/mol. The van der Waals surface area contributed by atoms with E-state index in [1.54, 1.807) is 25.4 Å². The number of benzene rings is 1. The zero-order valence-corrected chi connectivity index (χ0v) is 16.8. The molecule has 0 aliphatic carbocycles. The molecule has 2 aliphatic rings. The Balaban J connectivity index is 1.56. The van der Waals surface area contributed by atoms with Crippen LogP contribution in [-0.4, -0.2) is 61.2 Å². The van der Waals surface area contributed by atoms with Gasteiger partial charge in [-0.3, -0.25) is 9.69 Å². The van der Waals surface area contributed by atoms with Gasteiger partial charge in [-0.05, 0) is 29.7 Å². The molecular formula is C22H26FN3O3. The minimum absolute atomic E-state index is 0.0435. The molecule has 0 saturated carbocycles. The van der Waals surface area contributed by atoms with Crippen LogP contribution in [-0.2, 0) is 16.1 Å². The van der Waals surface area contributed by atoms with E-state index in [0.717, 1.165) is 30.8 Å². The Hall–Kier alpha value is -2.51. The Kier molecular flexibility index (Phi) is 5.78. The molecule has 1 amide bonds. The summed E-state index contributed by atoms with van der Waals surface area (Å²) in [5.74, 6) is 0.909. The summed E-state index contributed by atoms with van der Waals surface area (Å²) in [7, 11) is 3.15. The first-order valence-electron chi connectivity index (χ1n) is 9.84. The molecule has 1 aromatic carbocycles. The fraction of sp³-hybridized carbons (Fsp3) is 0.455. The lowest BCUT2D eigenvalue weighted by molar-refractivity contribution is -0.136. The number of aromatic nitrogens is 1. The maximum absolute atomic E-state index is 13.9. The lowest BCUT2D eigenvalue weighted by Crippen LogP contribution is -2.37. The van der Waals surface area contributed by atoms with Crippen LogP contribution in [0.2, 0.25) is 0 Å². The molecule has 29 heavy (non-hydrogen) atoms. The summed E-state index contributed by atoms with van der Waals surface area (Å²) in [4.78, 5) is 21.2. The molecule has 3 heterocycles. The number of ether oxygens (including phenoxy) is 2. The second-order valence-corrected chi connectivity index (χ2v) is 7.77. The number of fused-ring (bicyclic) bond motifs is 1. The summed E-state index contributed by atoms with van der Waals surface area (Å²) in [6, 6.07) is 10.4. The van der Waals surface area contributed by atoms with E-state index in [0.29, 0.717) is 18.3 Å². The van der Waals surface area contributed by atoms with Gasteiger partial charge in [-0.2, -0.15) is 0 Å². The fourth-order valence-electron chi connectivity index (χ4n) is 4.82. The van der Waals surface area contributed by atoms with E-state index in [1.165, 1.54) is 13.2 Å². The van der Waals surface area contributed by atoms with Gasteiger partial charge in [0.15, 0.2) is 0 Å². The summed E-state index contributed by atoms with van der Waals surface area (Å²) in [5.41, 5.74) is 1.90. The largest absolute Gasteiger partial charge is 0.481 e. The van der Waals surface area contributed by atoms with Crippen molar-refractivity contribution in [3.05, 3.63) is 59.5 Å². The monoisotopic (exact) mass is 399 g/mol. The highest BCUT2D eigenvalue weighted by Gasteiger charge is 2.49. The van der Waals surface area contributed by atoms with Gasteiger partial charge in [0, 0.05) is 51.0 Å². The molecule has 0 radical (unpaired) electrons. The second-order valence-electron chi connectivity index (χ2n) is 7.77. The van der Waals surface area contributed by atoms with Gasteiger partial charge in [-0.25, -0.2) is 9.37 Å². The number of carbonyl (C=O) groups excluding carboxylic acids is 1. The molecule has 2 aliphatic heterocycles. The Morgan fingerprint density at radius 3 is 2.83 bits per heavy atom. The van der Waals surface area contributed by atoms with E-state index in [1.807, 2.05) is 23.1 Å². The highest BCUT2D eigenvalue weighted by atomic mass is 19.1. The number of carbonyl (C=O) groups is 1. The van der Waals surface area contributed by atoms with Crippen molar-refractivity contribution in [3.63, 3.8) is 0 Å². The first-order valence-corrected chi connectivity index (χ1v) is 9.84. The Morgan fingerprint density at radius 1 is 1.21 bits per heavy atom. The van der Waals surface area contributed by atoms with E-state index >= 15 is 0 Å². The van der Waals surface area contributed by atoms with Crippen molar-refractivity contribution in [1.29, 1.82) is 0 Å². The number of methoxy groups -OCH3 is 2. The lowest BCUT2D eigenvalue weighted by atomic mass is 9.89. The molecule has 3 atom stereocenters. The van der Waals surface area contributed by atoms with Crippen molar-refractivity contribution < 1.29 is 18.7 Å². The molecule has 7 heteroatoms. The van der Waals surface area contributed by atoms with Gasteiger partial charge in [-0.1, -0.05) is 18.2 Å². The molecule has 2 fully saturated rings. The van der Waals surface area contributed by atoms with Crippen LogP contribution in [0.3, 0.4) is 0 Å². The minimum atomic E-state index is -0.278. The highest BCUT2D eigenvalue weighted by Crippen LogP contribution is 2.45. The standard InChI is InChI=1S/C22H26FN3O3/c1-28-14-20(27)26-12-17-11-25(10-16-6-4-8-24-22(16)29-2)13-19(17)21(26)15-5-3-7-18(23)9-15/h3-9,17,19,21H,10-14H2,1-2H3/t17-,19-,21+/m1/s1. The van der Waals surface area contributed by atoms with Crippen molar-refractivity contribution in [2.45, 2.75) is 12.6 Å². The van der Waals surface area contributed by atoms with E-state index in [-0.39, 0.29) is 30.3 Å². The predicted octanol–water partition coefficient (Wildman–Crippen LogP) is 2.51. The summed E-state index contributed by atoms with van der Waals surface area (Å²) in [6.07, 6.45) is 1.72. The quantitative estimate of drug-likeness (QED) is 0.747. The van der Waals surface area contributed by atoms with Crippen LogP contribution in [0.4, 0.5) is 4.39 Å². The number of likely N-dealkylation sites (tertiary alicyclic amines) is 2. The minimum Gasteiger partial charge on any atom is -0.481 e. The van der Waals surface area contributed by atoms with Crippen molar-refractivity contribution in [1.82, 2.24) is 14.8 Å². The highest BCUT2D eigenvalue weighted by molar-refractivity contribution is 5.78. The third-order valence-electron chi connectivity index (χ3n) is 5.96. The van der Waals surface area contributed by atoms with Gasteiger partial charge >= 0.3 is 0 Å². The predicted molar refractivity (Wildman–Crippen MR) is 106 cm³/mol. The van der Waals surface area contributed by atoms with Crippen molar-refractivity contribution in [3.8, 4) is 5.88 Å². The smallest absolute Gasteiger partial charge is 0.249 e. The maximum Gasteiger partial charge on any atom is 0.249 e. The van der Waals surface area contributed by atoms with Gasteiger partial charge < -0.3 is 14.4 Å². The van der Waals surface area contributed by atoms with Gasteiger partial charge in [-0.15, -0.1) is 0 Å². The first kappa shape index (κ1) is 19.8. The van der Waals surface area contributed by atoms with Crippen molar-refractivity contribution in [2.24, 2.45) is 11.8 Å². The van der Waals surface area contributed by atoms with Crippen LogP contribution in [0.15, 0.2) is 42.6 Å². The summed E-state index contributed by atoms with van der Waals surface area (Å²) in [5, 5.41) is 0. The van der Waals surface area contributed by atoms with Crippen LogP contribution in [0, 0.1) is 17.7 Å². The zero-order valence-electron chi connectivity index (χ0n) is 16.8. The van der Waals surface area contributed by atoms with E-state index in [2.05, 4.69) is 9.88 Å². The molecule has 0 N–H and O–H groups in total. The van der Waals surface area contributed by atoms with Crippen LogP contribution in [0.25, 0.3) is 0 Å². The van der Waals surface area contributed by atoms with Crippen molar-refractivity contribution >= 4 is 5.91 Å². The molecule has 1 aromatic heterocycles. The van der Waals surface area contributed by atoms with E-state index in [4.69, 9.17) is 9.47 Å². The van der Waals surface area contributed by atoms with Crippen LogP contribution in [0.5, 0.6) is 5.88 Å². The Morgan fingerprint density at radius 2 is 2.07 bits per heavy atom. The summed E-state index contributed by atoms with van der Waals surface area (Å²) < 4.78 is 24.4. The average molecular weight is 399 g/mol. The normalized spacial score (nSPS) is 24.0. The molecule has 0 bridgehead atoms. The topological polar surface area (TPSA) is 54.9 Å². The SMILES string of the molecule is COCC(=O)N1C[C@H]2CN(Cc3cccnc3OC)C[C@H]2[C@@H]1c1cccc(F)c1. The number of pyridine rings is 1. The molecule has 154 valence electrons. The summed E-state index contributed by atoms with van der Waals surface area (Å²) in [6.45, 7) is 3.16. The second kappa shape index (κ2) is 8.47. The lowest BCUT2D eigenvalue weighted by Gasteiger charge is -2.30. The molecule has 4 rings (SSSR count). The van der Waals surface area contributed by atoms with Gasteiger partial charge in [0.05, 0.1) is 13.2 Å². The Labute approximate surface area is 170 Å². The number of amides is 1. The molecule has 0 unspecified atom stereocenters. The molecule has 2 saturated heterocycles. The van der Waals surface area contributed by atoms with Crippen LogP contribution in [0.1, 0.15) is 17.2 Å². The van der Waals surface area contributed by atoms with Gasteiger partial charge in [0.25, 0.3) is 0 Å². The number of halogens is 1. The summed E-state index contributed by atoms with van der Waals surface area (Å²) >= 11 is 0. The van der Waals surface area contributed by atoms with E-state index < -0.39 is 0 Å². The molecule has 2 aromatic rings. The Bertz CT molecular complexity index is 878. The number of hydrogen-bond acceptors (Lipinski definition) is 5. The zero-order chi connectivity index (χ0) is 20.4. The average Bonchev–Trinajstić information content (AvgIpc) is 3.25. The third-order valence-corrected chi connectivity index (χ3v) is 5.96. The number of nitrogens with zero attached hydrogens (tertiary/aromatic N) is 3. The van der Waals surface area contributed by atoms with Gasteiger partial charge in [0.1, 0.15) is 12.4 Å². The first-order chi connectivity index (χ1) is 14.1. The van der Waals surface area contributed by atoms with Crippen LogP contribution < -0.4 is 4.74 Å². The van der Waals surface area contributed by atoms with Crippen molar-refractivity contribution in [2.75, 3.05) is 40.5 Å². The van der Waals surface area contributed by atoms with E-state index in [9.17, 15) is 9.18 Å².